The van der Waals surface area contributed by atoms with Crippen LogP contribution in [0, 0.1) is 5.92 Å². The summed E-state index contributed by atoms with van der Waals surface area (Å²) >= 11 is 0. The fraction of sp³-hybridized carbons (Fsp3) is 0.278. The minimum Gasteiger partial charge on any atom is -0.492 e. The lowest BCUT2D eigenvalue weighted by Gasteiger charge is -2.22. The van der Waals surface area contributed by atoms with Gasteiger partial charge in [0.2, 0.25) is 0 Å². The number of nitrogens with one attached hydrogen (secondary N) is 1. The third-order valence-corrected chi connectivity index (χ3v) is 7.52. The molecule has 0 saturated heterocycles. The molecule has 4 aromatic carbocycles. The fourth-order valence-corrected chi connectivity index (χ4v) is 5.07. The highest BCUT2D eigenvalue weighted by molar-refractivity contribution is 6.12. The molecule has 1 fully saturated rings. The molecule has 1 N–H and O–H groups in total. The summed E-state index contributed by atoms with van der Waals surface area (Å²) in [6.07, 6.45) is 3.04. The van der Waals surface area contributed by atoms with E-state index < -0.39 is 12.0 Å². The first-order valence-corrected chi connectivity index (χ1v) is 14.6. The van der Waals surface area contributed by atoms with Gasteiger partial charge in [0.15, 0.2) is 5.78 Å². The second-order valence-corrected chi connectivity index (χ2v) is 10.8. The normalized spacial score (nSPS) is 13.4. The van der Waals surface area contributed by atoms with Gasteiger partial charge in [0.1, 0.15) is 18.4 Å². The largest absolute Gasteiger partial charge is 0.492 e. The summed E-state index contributed by atoms with van der Waals surface area (Å²) < 4.78 is 11.2. The first-order chi connectivity index (χ1) is 20.6. The van der Waals surface area contributed by atoms with Crippen LogP contribution in [0.4, 0.5) is 5.69 Å². The zero-order valence-corrected chi connectivity index (χ0v) is 24.1. The second-order valence-electron chi connectivity index (χ2n) is 10.8. The van der Waals surface area contributed by atoms with Gasteiger partial charge in [-0.25, -0.2) is 4.79 Å². The van der Waals surface area contributed by atoms with Gasteiger partial charge in [-0.05, 0) is 54.2 Å². The zero-order chi connectivity index (χ0) is 29.1. The molecule has 0 aliphatic heterocycles. The number of hydrogen-bond acceptors (Lipinski definition) is 6. The van der Waals surface area contributed by atoms with Crippen LogP contribution in [0.1, 0.15) is 39.9 Å². The highest BCUT2D eigenvalue weighted by Crippen LogP contribution is 2.30. The zero-order valence-electron chi connectivity index (χ0n) is 24.1. The van der Waals surface area contributed by atoms with Crippen molar-refractivity contribution < 1.29 is 19.1 Å². The van der Waals surface area contributed by atoms with Gasteiger partial charge in [0, 0.05) is 42.9 Å². The number of carbonyl (C=O) groups is 2. The lowest BCUT2D eigenvalue weighted by Crippen LogP contribution is -2.33. The van der Waals surface area contributed by atoms with Gasteiger partial charge in [-0.3, -0.25) is 9.69 Å². The van der Waals surface area contributed by atoms with Gasteiger partial charge in [0.25, 0.3) is 0 Å². The van der Waals surface area contributed by atoms with Crippen LogP contribution in [0.2, 0.25) is 0 Å². The van der Waals surface area contributed by atoms with Gasteiger partial charge >= 0.3 is 5.97 Å². The number of ketones is 1. The van der Waals surface area contributed by atoms with Crippen LogP contribution >= 0.6 is 0 Å². The molecule has 0 unspecified atom stereocenters. The SMILES string of the molecule is COC(=O)[C@H](Cc1ccc(OCCN(Cc2ccccc2)CC2CC2)cc1)Nc1ccccc1C(=O)c1ccccc1. The number of carbonyl (C=O) groups excluding carboxylic acids is 2. The van der Waals surface area contributed by atoms with E-state index in [-0.39, 0.29) is 5.78 Å². The Hall–Kier alpha value is -4.42. The molecule has 0 heterocycles. The molecule has 0 spiro atoms. The van der Waals surface area contributed by atoms with Gasteiger partial charge in [-0.15, -0.1) is 0 Å². The highest BCUT2D eigenvalue weighted by atomic mass is 16.5. The van der Waals surface area contributed by atoms with Gasteiger partial charge in [0.05, 0.1) is 7.11 Å². The van der Waals surface area contributed by atoms with E-state index in [1.807, 2.05) is 60.7 Å². The molecular formula is C36H38N2O4. The molecule has 0 bridgehead atoms. The van der Waals surface area contributed by atoms with E-state index in [2.05, 4.69) is 40.5 Å². The number of nitrogens with zero attached hydrogens (tertiary/aromatic N) is 1. The Labute approximate surface area is 248 Å². The molecule has 216 valence electrons. The first-order valence-electron chi connectivity index (χ1n) is 14.6. The van der Waals surface area contributed by atoms with Crippen LogP contribution in [-0.4, -0.2) is 49.5 Å². The van der Waals surface area contributed by atoms with E-state index in [4.69, 9.17) is 9.47 Å². The summed E-state index contributed by atoms with van der Waals surface area (Å²) in [6, 6.07) is 34.1. The van der Waals surface area contributed by atoms with Crippen LogP contribution in [0.3, 0.4) is 0 Å². The van der Waals surface area contributed by atoms with Crippen LogP contribution in [-0.2, 0) is 22.5 Å². The van der Waals surface area contributed by atoms with Crippen LogP contribution < -0.4 is 10.1 Å². The number of methoxy groups -OCH3 is 1. The predicted octanol–water partition coefficient (Wildman–Crippen LogP) is 6.40. The number of anilines is 1. The topological polar surface area (TPSA) is 67.9 Å². The van der Waals surface area contributed by atoms with Crippen molar-refractivity contribution in [1.29, 1.82) is 0 Å². The first kappa shape index (κ1) is 29.1. The van der Waals surface area contributed by atoms with Crippen molar-refractivity contribution >= 4 is 17.4 Å². The van der Waals surface area contributed by atoms with E-state index in [1.165, 1.54) is 25.5 Å². The molecule has 5 rings (SSSR count). The molecular weight excluding hydrogens is 524 g/mol. The van der Waals surface area contributed by atoms with Crippen molar-refractivity contribution in [2.45, 2.75) is 31.8 Å². The molecule has 0 amide bonds. The Morgan fingerprint density at radius 2 is 1.50 bits per heavy atom. The van der Waals surface area contributed by atoms with Crippen molar-refractivity contribution in [2.75, 3.05) is 32.1 Å². The summed E-state index contributed by atoms with van der Waals surface area (Å²) in [5, 5.41) is 3.27. The molecule has 42 heavy (non-hydrogen) atoms. The fourth-order valence-electron chi connectivity index (χ4n) is 5.07. The summed E-state index contributed by atoms with van der Waals surface area (Å²) in [5.74, 6) is 1.11. The Morgan fingerprint density at radius 3 is 2.19 bits per heavy atom. The van der Waals surface area contributed by atoms with Crippen LogP contribution in [0.25, 0.3) is 0 Å². The van der Waals surface area contributed by atoms with E-state index >= 15 is 0 Å². The van der Waals surface area contributed by atoms with E-state index in [1.54, 1.807) is 18.2 Å². The Kier molecular flexibility index (Phi) is 10.0. The summed E-state index contributed by atoms with van der Waals surface area (Å²) in [5.41, 5.74) is 3.96. The van der Waals surface area contributed by atoms with Crippen molar-refractivity contribution in [3.8, 4) is 5.75 Å². The minimum atomic E-state index is -0.666. The molecule has 1 atom stereocenters. The average molecular weight is 563 g/mol. The predicted molar refractivity (Wildman–Crippen MR) is 166 cm³/mol. The van der Waals surface area contributed by atoms with Crippen molar-refractivity contribution in [2.24, 2.45) is 5.92 Å². The minimum absolute atomic E-state index is 0.108. The van der Waals surface area contributed by atoms with Crippen molar-refractivity contribution in [1.82, 2.24) is 4.90 Å². The second kappa shape index (κ2) is 14.5. The molecule has 6 nitrogen and oxygen atoms in total. The molecule has 0 aromatic heterocycles. The van der Waals surface area contributed by atoms with E-state index in [0.717, 1.165) is 36.9 Å². The quantitative estimate of drug-likeness (QED) is 0.134. The number of hydrogen-bond donors (Lipinski definition) is 1. The molecule has 6 heteroatoms. The van der Waals surface area contributed by atoms with Crippen molar-refractivity contribution in [3.63, 3.8) is 0 Å². The third-order valence-electron chi connectivity index (χ3n) is 7.52. The smallest absolute Gasteiger partial charge is 0.328 e. The standard InChI is InChI=1S/C36H38N2O4/c1-41-36(40)34(37-33-15-9-8-14-32(33)35(39)30-12-6-3-7-13-30)24-27-18-20-31(21-19-27)42-23-22-38(26-29-16-17-29)25-28-10-4-2-5-11-28/h2-15,18-21,29,34,37H,16-17,22-26H2,1H3/t34-/m0/s1. The van der Waals surface area contributed by atoms with Gasteiger partial charge < -0.3 is 14.8 Å². The van der Waals surface area contributed by atoms with Crippen LogP contribution in [0.5, 0.6) is 5.75 Å². The monoisotopic (exact) mass is 562 g/mol. The number of rotatable bonds is 15. The molecule has 4 aromatic rings. The Balaban J connectivity index is 1.19. The Morgan fingerprint density at radius 1 is 0.833 bits per heavy atom. The third kappa shape index (κ3) is 8.30. The van der Waals surface area contributed by atoms with Gasteiger partial charge in [-0.2, -0.15) is 0 Å². The maximum absolute atomic E-state index is 13.2. The number of para-hydroxylation sites is 1. The van der Waals surface area contributed by atoms with Crippen molar-refractivity contribution in [3.05, 3.63) is 131 Å². The number of benzene rings is 4. The lowest BCUT2D eigenvalue weighted by molar-refractivity contribution is -0.141. The average Bonchev–Trinajstić information content (AvgIpc) is 3.86. The maximum Gasteiger partial charge on any atom is 0.328 e. The van der Waals surface area contributed by atoms with E-state index in [0.29, 0.717) is 29.8 Å². The van der Waals surface area contributed by atoms with Crippen LogP contribution in [0.15, 0.2) is 109 Å². The van der Waals surface area contributed by atoms with Gasteiger partial charge in [-0.1, -0.05) is 84.9 Å². The summed E-state index contributed by atoms with van der Waals surface area (Å²) in [6.45, 7) is 3.51. The summed E-state index contributed by atoms with van der Waals surface area (Å²) in [7, 11) is 1.37. The Bertz CT molecular complexity index is 1440. The molecule has 1 saturated carbocycles. The molecule has 0 radical (unpaired) electrons. The summed E-state index contributed by atoms with van der Waals surface area (Å²) in [4.78, 5) is 28.4. The molecule has 1 aliphatic rings. The maximum atomic E-state index is 13.2. The highest BCUT2D eigenvalue weighted by Gasteiger charge is 2.25. The van der Waals surface area contributed by atoms with E-state index in [9.17, 15) is 9.59 Å². The number of ether oxygens (including phenoxy) is 2. The molecule has 1 aliphatic carbocycles. The lowest BCUT2D eigenvalue weighted by atomic mass is 10.00. The number of esters is 1.